The Morgan fingerprint density at radius 1 is 1.40 bits per heavy atom. The molecule has 5 nitrogen and oxygen atoms in total. The second-order valence-corrected chi connectivity index (χ2v) is 7.48. The molecule has 1 rings (SSSR count). The van der Waals surface area contributed by atoms with E-state index < -0.39 is 20.8 Å². The standard InChI is InChI=1S/C13H18N2O3S2/c1-11-10-13(6-5-12(11)4-3-7-14)20(17,18)15-8-9-19(2)16/h5-6,10,15H,7-9,14H2,1-2H3. The third-order valence-electron chi connectivity index (χ3n) is 2.51. The molecule has 0 amide bonds. The summed E-state index contributed by atoms with van der Waals surface area (Å²) in [5.74, 6) is 5.90. The van der Waals surface area contributed by atoms with E-state index in [-0.39, 0.29) is 23.7 Å². The summed E-state index contributed by atoms with van der Waals surface area (Å²) in [4.78, 5) is 0.176. The van der Waals surface area contributed by atoms with E-state index in [1.165, 1.54) is 12.3 Å². The van der Waals surface area contributed by atoms with Crippen LogP contribution in [0, 0.1) is 18.8 Å². The molecular formula is C13H18N2O3S2. The molecule has 0 aliphatic rings. The van der Waals surface area contributed by atoms with Gasteiger partial charge in [0.15, 0.2) is 0 Å². The maximum absolute atomic E-state index is 12.0. The number of hydrogen-bond acceptors (Lipinski definition) is 4. The zero-order valence-electron chi connectivity index (χ0n) is 11.5. The topological polar surface area (TPSA) is 89.3 Å². The van der Waals surface area contributed by atoms with Gasteiger partial charge in [-0.3, -0.25) is 4.21 Å². The average molecular weight is 314 g/mol. The minimum atomic E-state index is -3.57. The van der Waals surface area contributed by atoms with Gasteiger partial charge in [-0.25, -0.2) is 13.1 Å². The number of nitrogens with one attached hydrogen (secondary N) is 1. The largest absolute Gasteiger partial charge is 0.320 e. The summed E-state index contributed by atoms with van der Waals surface area (Å²) in [5.41, 5.74) is 6.83. The van der Waals surface area contributed by atoms with Gasteiger partial charge in [0.2, 0.25) is 10.0 Å². The Morgan fingerprint density at radius 2 is 2.10 bits per heavy atom. The number of aryl methyl sites for hydroxylation is 1. The minimum absolute atomic E-state index is 0.152. The molecule has 0 fully saturated rings. The van der Waals surface area contributed by atoms with E-state index in [1.807, 2.05) is 0 Å². The lowest BCUT2D eigenvalue weighted by Gasteiger charge is -2.07. The van der Waals surface area contributed by atoms with E-state index in [9.17, 15) is 12.6 Å². The molecule has 0 radical (unpaired) electrons. The zero-order chi connectivity index (χ0) is 15.2. The Kier molecular flexibility index (Phi) is 6.36. The summed E-state index contributed by atoms with van der Waals surface area (Å²) in [6, 6.07) is 4.72. The van der Waals surface area contributed by atoms with Crippen molar-refractivity contribution in [1.29, 1.82) is 0 Å². The quantitative estimate of drug-likeness (QED) is 0.747. The third-order valence-corrected chi connectivity index (χ3v) is 4.75. The van der Waals surface area contributed by atoms with Crippen molar-refractivity contribution < 1.29 is 12.6 Å². The maximum Gasteiger partial charge on any atom is 0.240 e. The van der Waals surface area contributed by atoms with Crippen LogP contribution in [0.25, 0.3) is 0 Å². The molecular weight excluding hydrogens is 296 g/mol. The van der Waals surface area contributed by atoms with E-state index in [1.54, 1.807) is 19.1 Å². The second-order valence-electron chi connectivity index (χ2n) is 4.16. The molecule has 0 bridgehead atoms. The van der Waals surface area contributed by atoms with Gasteiger partial charge in [-0.15, -0.1) is 0 Å². The molecule has 1 aromatic rings. The SMILES string of the molecule is Cc1cc(S(=O)(=O)NCCS(C)=O)ccc1C#CCN. The predicted molar refractivity (Wildman–Crippen MR) is 81.2 cm³/mol. The summed E-state index contributed by atoms with van der Waals surface area (Å²) in [7, 11) is -4.60. The van der Waals surface area contributed by atoms with Gasteiger partial charge in [0, 0.05) is 34.9 Å². The van der Waals surface area contributed by atoms with Gasteiger partial charge < -0.3 is 5.73 Å². The summed E-state index contributed by atoms with van der Waals surface area (Å²) >= 11 is 0. The van der Waals surface area contributed by atoms with Gasteiger partial charge in [0.05, 0.1) is 11.4 Å². The Hall–Kier alpha value is -1.20. The van der Waals surface area contributed by atoms with Gasteiger partial charge in [-0.2, -0.15) is 0 Å². The van der Waals surface area contributed by atoms with Crippen LogP contribution in [0.2, 0.25) is 0 Å². The predicted octanol–water partition coefficient (Wildman–Crippen LogP) is -0.0380. The zero-order valence-corrected chi connectivity index (χ0v) is 13.1. The van der Waals surface area contributed by atoms with E-state index in [2.05, 4.69) is 16.6 Å². The molecule has 7 heteroatoms. The number of hydrogen-bond donors (Lipinski definition) is 2. The van der Waals surface area contributed by atoms with E-state index in [0.717, 1.165) is 11.1 Å². The lowest BCUT2D eigenvalue weighted by Crippen LogP contribution is -2.27. The maximum atomic E-state index is 12.0. The smallest absolute Gasteiger partial charge is 0.240 e. The first kappa shape index (κ1) is 16.9. The average Bonchev–Trinajstić information content (AvgIpc) is 2.36. The molecule has 20 heavy (non-hydrogen) atoms. The fourth-order valence-corrected chi connectivity index (χ4v) is 3.13. The van der Waals surface area contributed by atoms with E-state index in [0.29, 0.717) is 0 Å². The van der Waals surface area contributed by atoms with Crippen LogP contribution in [0.5, 0.6) is 0 Å². The lowest BCUT2D eigenvalue weighted by atomic mass is 10.1. The van der Waals surface area contributed by atoms with Crippen LogP contribution in [0.3, 0.4) is 0 Å². The number of rotatable bonds is 5. The fourth-order valence-electron chi connectivity index (χ4n) is 1.49. The van der Waals surface area contributed by atoms with Crippen molar-refractivity contribution in [3.05, 3.63) is 29.3 Å². The van der Waals surface area contributed by atoms with Crippen molar-refractivity contribution in [3.63, 3.8) is 0 Å². The van der Waals surface area contributed by atoms with Crippen LogP contribution in [0.1, 0.15) is 11.1 Å². The van der Waals surface area contributed by atoms with Gasteiger partial charge in [0.1, 0.15) is 0 Å². The fraction of sp³-hybridized carbons (Fsp3) is 0.385. The highest BCUT2D eigenvalue weighted by Gasteiger charge is 2.14. The van der Waals surface area contributed by atoms with E-state index in [4.69, 9.17) is 5.73 Å². The molecule has 1 unspecified atom stereocenters. The van der Waals surface area contributed by atoms with E-state index >= 15 is 0 Å². The molecule has 1 aromatic carbocycles. The normalized spacial score (nSPS) is 12.6. The van der Waals surface area contributed by atoms with Crippen molar-refractivity contribution in [2.24, 2.45) is 5.73 Å². The summed E-state index contributed by atoms with van der Waals surface area (Å²) < 4.78 is 37.4. The molecule has 3 N–H and O–H groups in total. The first-order valence-electron chi connectivity index (χ1n) is 5.96. The minimum Gasteiger partial charge on any atom is -0.320 e. The van der Waals surface area contributed by atoms with Crippen molar-refractivity contribution in [3.8, 4) is 11.8 Å². The van der Waals surface area contributed by atoms with Gasteiger partial charge >= 0.3 is 0 Å². The van der Waals surface area contributed by atoms with Gasteiger partial charge in [0.25, 0.3) is 0 Å². The monoisotopic (exact) mass is 314 g/mol. The molecule has 1 atom stereocenters. The molecule has 0 saturated carbocycles. The molecule has 0 aromatic heterocycles. The first-order valence-corrected chi connectivity index (χ1v) is 9.17. The van der Waals surface area contributed by atoms with Crippen molar-refractivity contribution >= 4 is 20.8 Å². The number of nitrogens with two attached hydrogens (primary N) is 1. The third kappa shape index (κ3) is 5.06. The Balaban J connectivity index is 2.91. The molecule has 0 aliphatic carbocycles. The first-order chi connectivity index (χ1) is 9.36. The molecule has 0 saturated heterocycles. The van der Waals surface area contributed by atoms with Gasteiger partial charge in [-0.05, 0) is 30.7 Å². The number of sulfonamides is 1. The summed E-state index contributed by atoms with van der Waals surface area (Å²) in [6.45, 7) is 2.20. The second kappa shape index (κ2) is 7.55. The van der Waals surface area contributed by atoms with Crippen LogP contribution in [0.15, 0.2) is 23.1 Å². The Labute approximate surface area is 122 Å². The highest BCUT2D eigenvalue weighted by molar-refractivity contribution is 7.89. The van der Waals surface area contributed by atoms with Gasteiger partial charge in [-0.1, -0.05) is 11.8 Å². The van der Waals surface area contributed by atoms with Crippen molar-refractivity contribution in [2.75, 3.05) is 25.1 Å². The number of benzene rings is 1. The molecule has 0 spiro atoms. The summed E-state index contributed by atoms with van der Waals surface area (Å²) in [6.07, 6.45) is 1.53. The molecule has 0 aliphatic heterocycles. The van der Waals surface area contributed by atoms with Crippen LogP contribution < -0.4 is 10.5 Å². The van der Waals surface area contributed by atoms with Crippen molar-refractivity contribution in [2.45, 2.75) is 11.8 Å². The Bertz CT molecular complexity index is 658. The molecule has 110 valence electrons. The molecule has 0 heterocycles. The lowest BCUT2D eigenvalue weighted by molar-refractivity contribution is 0.584. The Morgan fingerprint density at radius 3 is 2.65 bits per heavy atom. The van der Waals surface area contributed by atoms with Crippen LogP contribution in [0.4, 0.5) is 0 Å². The van der Waals surface area contributed by atoms with Crippen LogP contribution >= 0.6 is 0 Å². The summed E-state index contributed by atoms with van der Waals surface area (Å²) in [5, 5.41) is 0. The van der Waals surface area contributed by atoms with Crippen molar-refractivity contribution in [1.82, 2.24) is 4.72 Å². The highest BCUT2D eigenvalue weighted by atomic mass is 32.2. The highest BCUT2D eigenvalue weighted by Crippen LogP contribution is 2.14. The van der Waals surface area contributed by atoms with Crippen LogP contribution in [-0.2, 0) is 20.8 Å². The van der Waals surface area contributed by atoms with Crippen LogP contribution in [-0.4, -0.2) is 37.7 Å².